The van der Waals surface area contributed by atoms with Gasteiger partial charge in [0.15, 0.2) is 5.75 Å². The maximum absolute atomic E-state index is 5.26. The molecule has 2 nitrogen and oxygen atoms in total. The highest BCUT2D eigenvalue weighted by Gasteiger charge is 2.11. The topological polar surface area (TPSA) is 14.2 Å². The van der Waals surface area contributed by atoms with Crippen molar-refractivity contribution in [3.05, 3.63) is 12.3 Å². The fourth-order valence-electron chi connectivity index (χ4n) is 1.23. The summed E-state index contributed by atoms with van der Waals surface area (Å²) in [7, 11) is 1.68. The van der Waals surface area contributed by atoms with Crippen molar-refractivity contribution in [3.8, 4) is 18.1 Å². The second-order valence-corrected chi connectivity index (χ2v) is 4.15. The normalized spacial score (nSPS) is 10.2. The van der Waals surface area contributed by atoms with E-state index in [0.717, 1.165) is 10.8 Å². The third kappa shape index (κ3) is 2.27. The Balaban J connectivity index is 2.95. The Morgan fingerprint density at radius 3 is 2.86 bits per heavy atom. The zero-order chi connectivity index (χ0) is 10.6. The van der Waals surface area contributed by atoms with Crippen LogP contribution in [0.5, 0.6) is 5.75 Å². The summed E-state index contributed by atoms with van der Waals surface area (Å²) in [4.78, 5) is 0. The first-order valence-corrected chi connectivity index (χ1v) is 5.50. The highest BCUT2D eigenvalue weighted by atomic mass is 32.2. The number of nitrogens with zero attached hydrogens (tertiary/aromatic N) is 1. The Kier molecular flexibility index (Phi) is 3.97. The number of rotatable bonds is 4. The van der Waals surface area contributed by atoms with Gasteiger partial charge in [0.25, 0.3) is 0 Å². The molecule has 1 aromatic heterocycles. The predicted octanol–water partition coefficient (Wildman–Crippen LogP) is 2.80. The minimum Gasteiger partial charge on any atom is -0.494 e. The molecule has 0 unspecified atom stereocenters. The van der Waals surface area contributed by atoms with Crippen molar-refractivity contribution < 1.29 is 4.74 Å². The van der Waals surface area contributed by atoms with Crippen molar-refractivity contribution in [3.63, 3.8) is 0 Å². The minimum atomic E-state index is 0.430. The number of terminal acetylenes is 1. The number of aromatic nitrogens is 1. The Morgan fingerprint density at radius 1 is 1.64 bits per heavy atom. The second-order valence-electron chi connectivity index (χ2n) is 3.18. The van der Waals surface area contributed by atoms with Gasteiger partial charge in [-0.3, -0.25) is 0 Å². The number of methoxy groups -OCH3 is 1. The highest BCUT2D eigenvalue weighted by molar-refractivity contribution is 7.99. The first kappa shape index (κ1) is 11.1. The lowest BCUT2D eigenvalue weighted by molar-refractivity contribution is 0.396. The summed E-state index contributed by atoms with van der Waals surface area (Å²) in [5, 5.41) is 1.11. The van der Waals surface area contributed by atoms with E-state index < -0.39 is 0 Å². The van der Waals surface area contributed by atoms with E-state index in [4.69, 9.17) is 11.2 Å². The molecule has 1 rings (SSSR count). The van der Waals surface area contributed by atoms with E-state index >= 15 is 0 Å². The van der Waals surface area contributed by atoms with Crippen LogP contribution in [0.2, 0.25) is 0 Å². The van der Waals surface area contributed by atoms with Crippen molar-refractivity contribution in [2.75, 3.05) is 12.9 Å². The van der Waals surface area contributed by atoms with Crippen molar-refractivity contribution in [1.29, 1.82) is 0 Å². The summed E-state index contributed by atoms with van der Waals surface area (Å²) in [5.74, 6) is 4.19. The Bertz CT molecular complexity index is 336. The first-order valence-electron chi connectivity index (χ1n) is 4.51. The molecule has 0 bridgehead atoms. The molecule has 0 aliphatic rings. The summed E-state index contributed by atoms with van der Waals surface area (Å²) < 4.78 is 7.43. The van der Waals surface area contributed by atoms with E-state index in [2.05, 4.69) is 24.3 Å². The molecule has 0 saturated carbocycles. The Labute approximate surface area is 89.6 Å². The fourth-order valence-corrected chi connectivity index (χ4v) is 2.17. The molecule has 0 radical (unpaired) electrons. The average Bonchev–Trinajstić information content (AvgIpc) is 2.57. The molecule has 0 spiro atoms. The van der Waals surface area contributed by atoms with Crippen molar-refractivity contribution in [2.24, 2.45) is 0 Å². The third-order valence-electron chi connectivity index (χ3n) is 1.90. The van der Waals surface area contributed by atoms with Crippen molar-refractivity contribution in [2.45, 2.75) is 24.9 Å². The van der Waals surface area contributed by atoms with Gasteiger partial charge in [0.05, 0.1) is 12.9 Å². The van der Waals surface area contributed by atoms with Crippen LogP contribution >= 0.6 is 11.8 Å². The molecule has 0 aromatic carbocycles. The molecule has 14 heavy (non-hydrogen) atoms. The molecular formula is C11H15NOS. The van der Waals surface area contributed by atoms with E-state index in [0.29, 0.717) is 11.8 Å². The minimum absolute atomic E-state index is 0.430. The number of hydrogen-bond donors (Lipinski definition) is 0. The van der Waals surface area contributed by atoms with Crippen LogP contribution in [0, 0.1) is 12.3 Å². The molecule has 1 heterocycles. The molecule has 0 N–H and O–H groups in total. The molecule has 76 valence electrons. The zero-order valence-corrected chi connectivity index (χ0v) is 9.60. The Morgan fingerprint density at radius 2 is 2.36 bits per heavy atom. The van der Waals surface area contributed by atoms with Crippen LogP contribution in [0.25, 0.3) is 0 Å². The standard InChI is InChI=1S/C11H15NOS/c1-5-8-14-11-10(13-4)6-7-12(11)9(2)3/h1,6-7,9H,8H2,2-4H3. The van der Waals surface area contributed by atoms with Gasteiger partial charge < -0.3 is 9.30 Å². The second kappa shape index (κ2) is 5.02. The molecule has 0 amide bonds. The van der Waals surface area contributed by atoms with Gasteiger partial charge in [-0.25, -0.2) is 0 Å². The summed E-state index contributed by atoms with van der Waals surface area (Å²) in [6.45, 7) is 4.28. The highest BCUT2D eigenvalue weighted by Crippen LogP contribution is 2.32. The molecule has 0 aliphatic carbocycles. The summed E-state index contributed by atoms with van der Waals surface area (Å²) in [6, 6.07) is 2.40. The largest absolute Gasteiger partial charge is 0.494 e. The molecule has 3 heteroatoms. The van der Waals surface area contributed by atoms with E-state index in [1.807, 2.05) is 12.3 Å². The SMILES string of the molecule is C#CCSc1c(OC)ccn1C(C)C. The van der Waals surface area contributed by atoms with Crippen LogP contribution in [0.4, 0.5) is 0 Å². The van der Waals surface area contributed by atoms with E-state index in [1.165, 1.54) is 0 Å². The van der Waals surface area contributed by atoms with Crippen LogP contribution in [-0.4, -0.2) is 17.4 Å². The van der Waals surface area contributed by atoms with Crippen LogP contribution < -0.4 is 4.74 Å². The van der Waals surface area contributed by atoms with Gasteiger partial charge in [-0.05, 0) is 19.9 Å². The number of hydrogen-bond acceptors (Lipinski definition) is 2. The number of ether oxygens (including phenoxy) is 1. The van der Waals surface area contributed by atoms with Gasteiger partial charge in [-0.1, -0.05) is 17.7 Å². The summed E-state index contributed by atoms with van der Waals surface area (Å²) in [6.07, 6.45) is 7.27. The van der Waals surface area contributed by atoms with Crippen LogP contribution in [-0.2, 0) is 0 Å². The molecule has 0 atom stereocenters. The van der Waals surface area contributed by atoms with Gasteiger partial charge >= 0.3 is 0 Å². The van der Waals surface area contributed by atoms with Gasteiger partial charge in [0.2, 0.25) is 0 Å². The monoisotopic (exact) mass is 209 g/mol. The first-order chi connectivity index (χ1) is 6.70. The molecule has 0 saturated heterocycles. The maximum atomic E-state index is 5.26. The van der Waals surface area contributed by atoms with Crippen LogP contribution in [0.1, 0.15) is 19.9 Å². The van der Waals surface area contributed by atoms with E-state index in [1.54, 1.807) is 18.9 Å². The van der Waals surface area contributed by atoms with Gasteiger partial charge in [-0.15, -0.1) is 6.42 Å². The molecular weight excluding hydrogens is 194 g/mol. The maximum Gasteiger partial charge on any atom is 0.150 e. The lowest BCUT2D eigenvalue weighted by atomic mass is 10.4. The smallest absolute Gasteiger partial charge is 0.150 e. The van der Waals surface area contributed by atoms with Crippen LogP contribution in [0.3, 0.4) is 0 Å². The van der Waals surface area contributed by atoms with E-state index in [9.17, 15) is 0 Å². The van der Waals surface area contributed by atoms with Gasteiger partial charge in [-0.2, -0.15) is 0 Å². The quantitative estimate of drug-likeness (QED) is 0.559. The molecule has 0 fully saturated rings. The van der Waals surface area contributed by atoms with E-state index in [-0.39, 0.29) is 0 Å². The average molecular weight is 209 g/mol. The number of thioether (sulfide) groups is 1. The molecule has 0 aliphatic heterocycles. The predicted molar refractivity (Wildman–Crippen MR) is 60.9 cm³/mol. The zero-order valence-electron chi connectivity index (χ0n) is 8.78. The van der Waals surface area contributed by atoms with Gasteiger partial charge in [0.1, 0.15) is 5.03 Å². The summed E-state index contributed by atoms with van der Waals surface area (Å²) >= 11 is 1.64. The Hall–Kier alpha value is -1.01. The third-order valence-corrected chi connectivity index (χ3v) is 2.90. The van der Waals surface area contributed by atoms with Gasteiger partial charge in [0, 0.05) is 12.2 Å². The lowest BCUT2D eigenvalue weighted by Crippen LogP contribution is -2.01. The fraction of sp³-hybridized carbons (Fsp3) is 0.455. The van der Waals surface area contributed by atoms with Crippen molar-refractivity contribution >= 4 is 11.8 Å². The lowest BCUT2D eigenvalue weighted by Gasteiger charge is -2.12. The molecule has 1 aromatic rings. The van der Waals surface area contributed by atoms with Crippen molar-refractivity contribution in [1.82, 2.24) is 4.57 Å². The van der Waals surface area contributed by atoms with Crippen LogP contribution in [0.15, 0.2) is 17.3 Å². The summed E-state index contributed by atoms with van der Waals surface area (Å²) in [5.41, 5.74) is 0.